The van der Waals surface area contributed by atoms with Crippen LogP contribution in [0, 0.1) is 15.9 Å². The minimum absolute atomic E-state index is 0.719. The highest BCUT2D eigenvalue weighted by Gasteiger charge is 2.13. The van der Waals surface area contributed by atoms with Crippen molar-refractivity contribution < 1.29 is 4.74 Å². The van der Waals surface area contributed by atoms with Crippen molar-refractivity contribution in [3.8, 4) is 0 Å². The Labute approximate surface area is 120 Å². The third kappa shape index (κ3) is 4.09. The molecule has 0 heterocycles. The van der Waals surface area contributed by atoms with Crippen molar-refractivity contribution in [1.82, 2.24) is 5.32 Å². The average molecular weight is 286 g/mol. The molecule has 102 valence electrons. The van der Waals surface area contributed by atoms with Gasteiger partial charge in [0.1, 0.15) is 0 Å². The quantitative estimate of drug-likeness (QED) is 0.556. The van der Waals surface area contributed by atoms with Crippen LogP contribution in [-0.2, 0) is 4.74 Å². The maximum absolute atomic E-state index is 5.56. The molecule has 0 unspecified atom stereocenters. The van der Waals surface area contributed by atoms with E-state index >= 15 is 0 Å². The standard InChI is InChI=1S/C13H22N2OS2/c1-4-5-14-6-8-16-9-7-15(3)11-10(2)12(17)13(11)18/h14H,4-9H2,1-3H3. The van der Waals surface area contributed by atoms with Gasteiger partial charge < -0.3 is 15.0 Å². The summed E-state index contributed by atoms with van der Waals surface area (Å²) in [5.41, 5.74) is 2.25. The number of ether oxygens (including phenoxy) is 1. The summed E-state index contributed by atoms with van der Waals surface area (Å²) in [5, 5.41) is 3.30. The second-order valence-electron chi connectivity index (χ2n) is 4.42. The van der Waals surface area contributed by atoms with Crippen LogP contribution >= 0.6 is 24.4 Å². The van der Waals surface area contributed by atoms with E-state index in [0.717, 1.165) is 59.5 Å². The molecule has 1 N–H and O–H groups in total. The van der Waals surface area contributed by atoms with Gasteiger partial charge in [0.25, 0.3) is 0 Å². The summed E-state index contributed by atoms with van der Waals surface area (Å²) in [4.78, 5) is 2.13. The lowest BCUT2D eigenvalue weighted by molar-refractivity contribution is 0.142. The van der Waals surface area contributed by atoms with Crippen LogP contribution < -0.4 is 10.2 Å². The molecule has 1 aromatic carbocycles. The number of hydrogen-bond donors (Lipinski definition) is 1. The van der Waals surface area contributed by atoms with E-state index in [9.17, 15) is 0 Å². The van der Waals surface area contributed by atoms with E-state index in [1.54, 1.807) is 0 Å². The number of nitrogens with one attached hydrogen (secondary N) is 1. The van der Waals surface area contributed by atoms with Gasteiger partial charge in [-0.2, -0.15) is 0 Å². The van der Waals surface area contributed by atoms with Gasteiger partial charge in [-0.15, -0.1) is 0 Å². The molecule has 5 heteroatoms. The van der Waals surface area contributed by atoms with Crippen molar-refractivity contribution in [3.05, 3.63) is 14.6 Å². The molecular formula is C13H22N2OS2. The van der Waals surface area contributed by atoms with E-state index < -0.39 is 0 Å². The lowest BCUT2D eigenvalue weighted by Crippen LogP contribution is -2.27. The average Bonchev–Trinajstić information content (AvgIpc) is 2.37. The molecule has 0 atom stereocenters. The molecule has 0 aliphatic carbocycles. The fourth-order valence-corrected chi connectivity index (χ4v) is 2.47. The lowest BCUT2D eigenvalue weighted by Gasteiger charge is -2.24. The molecule has 0 spiro atoms. The first-order valence-corrected chi connectivity index (χ1v) is 7.20. The van der Waals surface area contributed by atoms with Gasteiger partial charge in [-0.25, -0.2) is 0 Å². The van der Waals surface area contributed by atoms with Crippen LogP contribution in [0.25, 0.3) is 0 Å². The zero-order valence-corrected chi connectivity index (χ0v) is 13.0. The molecule has 18 heavy (non-hydrogen) atoms. The fraction of sp³-hybridized carbons (Fsp3) is 0.692. The molecular weight excluding hydrogens is 264 g/mol. The van der Waals surface area contributed by atoms with E-state index in [2.05, 4.69) is 17.1 Å². The Morgan fingerprint density at radius 1 is 1.17 bits per heavy atom. The Morgan fingerprint density at radius 3 is 2.50 bits per heavy atom. The van der Waals surface area contributed by atoms with Gasteiger partial charge in [0.15, 0.2) is 0 Å². The Morgan fingerprint density at radius 2 is 1.89 bits per heavy atom. The van der Waals surface area contributed by atoms with Crippen LogP contribution in [0.15, 0.2) is 0 Å². The first-order chi connectivity index (χ1) is 8.59. The summed E-state index contributed by atoms with van der Waals surface area (Å²) in [6.45, 7) is 8.49. The van der Waals surface area contributed by atoms with Crippen molar-refractivity contribution in [3.63, 3.8) is 0 Å². The Hall–Kier alpha value is -0.360. The van der Waals surface area contributed by atoms with Gasteiger partial charge in [0.2, 0.25) is 0 Å². The van der Waals surface area contributed by atoms with Gasteiger partial charge in [-0.3, -0.25) is 0 Å². The zero-order valence-electron chi connectivity index (χ0n) is 11.4. The van der Waals surface area contributed by atoms with Crippen LogP contribution in [0.1, 0.15) is 18.9 Å². The Balaban J connectivity index is 2.17. The third-order valence-electron chi connectivity index (χ3n) is 2.92. The molecule has 0 aliphatic heterocycles. The molecule has 3 nitrogen and oxygen atoms in total. The molecule has 0 amide bonds. The number of nitrogens with zero attached hydrogens (tertiary/aromatic N) is 1. The smallest absolute Gasteiger partial charge is 0.0797 e. The molecule has 0 saturated carbocycles. The van der Waals surface area contributed by atoms with E-state index in [4.69, 9.17) is 29.2 Å². The largest absolute Gasteiger partial charge is 0.378 e. The molecule has 0 radical (unpaired) electrons. The summed E-state index contributed by atoms with van der Waals surface area (Å²) in [6.07, 6.45) is 1.16. The molecule has 0 saturated heterocycles. The van der Waals surface area contributed by atoms with Gasteiger partial charge >= 0.3 is 0 Å². The maximum Gasteiger partial charge on any atom is 0.0797 e. The van der Waals surface area contributed by atoms with Crippen LogP contribution in [0.3, 0.4) is 0 Å². The van der Waals surface area contributed by atoms with Crippen molar-refractivity contribution >= 4 is 30.1 Å². The minimum Gasteiger partial charge on any atom is -0.378 e. The summed E-state index contributed by atoms with van der Waals surface area (Å²) in [6, 6.07) is 0. The summed E-state index contributed by atoms with van der Waals surface area (Å²) < 4.78 is 7.24. The molecule has 0 aromatic heterocycles. The maximum atomic E-state index is 5.56. The third-order valence-corrected chi connectivity index (χ3v) is 3.96. The molecule has 0 aliphatic rings. The second-order valence-corrected chi connectivity index (χ2v) is 5.23. The highest BCUT2D eigenvalue weighted by Crippen LogP contribution is 2.28. The Bertz CT molecular complexity index is 438. The Kier molecular flexibility index (Phi) is 6.92. The number of likely N-dealkylation sites (N-methyl/N-ethyl adjacent to an activating group) is 1. The van der Waals surface area contributed by atoms with Gasteiger partial charge in [0.05, 0.1) is 27.9 Å². The molecule has 1 rings (SSSR count). The number of hydrogen-bond acceptors (Lipinski definition) is 5. The summed E-state index contributed by atoms with van der Waals surface area (Å²) in [7, 11) is 2.03. The number of rotatable bonds is 9. The van der Waals surface area contributed by atoms with E-state index in [0.29, 0.717) is 0 Å². The summed E-state index contributed by atoms with van der Waals surface area (Å²) in [5.74, 6) is 0. The predicted molar refractivity (Wildman–Crippen MR) is 82.5 cm³/mol. The molecule has 0 bridgehead atoms. The van der Waals surface area contributed by atoms with Crippen LogP contribution in [0.5, 0.6) is 0 Å². The SMILES string of the molecule is CCCNCCOCCN(C)c1c(C)c(=S)c1=S. The second kappa shape index (κ2) is 7.94. The highest BCUT2D eigenvalue weighted by atomic mass is 32.1. The van der Waals surface area contributed by atoms with Gasteiger partial charge in [-0.05, 0) is 25.5 Å². The molecule has 0 fully saturated rings. The normalized spacial score (nSPS) is 11.1. The lowest BCUT2D eigenvalue weighted by atomic mass is 10.1. The van der Waals surface area contributed by atoms with E-state index in [1.165, 1.54) is 0 Å². The van der Waals surface area contributed by atoms with Gasteiger partial charge in [0, 0.05) is 20.1 Å². The van der Waals surface area contributed by atoms with Crippen molar-refractivity contribution in [2.24, 2.45) is 0 Å². The monoisotopic (exact) mass is 286 g/mol. The van der Waals surface area contributed by atoms with Gasteiger partial charge in [-0.1, -0.05) is 31.4 Å². The first-order valence-electron chi connectivity index (χ1n) is 6.39. The first kappa shape index (κ1) is 15.7. The minimum atomic E-state index is 0.719. The highest BCUT2D eigenvalue weighted by molar-refractivity contribution is 7.74. The zero-order chi connectivity index (χ0) is 13.5. The van der Waals surface area contributed by atoms with Crippen LogP contribution in [0.4, 0.5) is 5.69 Å². The fourth-order valence-electron chi connectivity index (χ4n) is 1.81. The van der Waals surface area contributed by atoms with E-state index in [1.807, 2.05) is 14.0 Å². The van der Waals surface area contributed by atoms with Crippen molar-refractivity contribution in [2.75, 3.05) is 44.8 Å². The van der Waals surface area contributed by atoms with Crippen LogP contribution in [0.2, 0.25) is 0 Å². The summed E-state index contributed by atoms with van der Waals surface area (Å²) >= 11 is 10.4. The van der Waals surface area contributed by atoms with Crippen LogP contribution in [-0.4, -0.2) is 39.9 Å². The van der Waals surface area contributed by atoms with E-state index in [-0.39, 0.29) is 0 Å². The predicted octanol–water partition coefficient (Wildman–Crippen LogP) is 2.78. The molecule has 1 aromatic rings. The van der Waals surface area contributed by atoms with Crippen molar-refractivity contribution in [2.45, 2.75) is 20.3 Å². The van der Waals surface area contributed by atoms with Crippen molar-refractivity contribution in [1.29, 1.82) is 0 Å². The number of anilines is 1. The topological polar surface area (TPSA) is 24.5 Å².